The Morgan fingerprint density at radius 3 is 1.24 bits per heavy atom. The van der Waals surface area contributed by atoms with Gasteiger partial charge in [0.2, 0.25) is 5.95 Å². The van der Waals surface area contributed by atoms with Crippen molar-refractivity contribution in [3.8, 4) is 28.6 Å². The van der Waals surface area contributed by atoms with E-state index in [1.807, 2.05) is 0 Å². The third kappa shape index (κ3) is 4.87. The molecule has 5 heteroatoms. The maximum Gasteiger partial charge on any atom is 0.235 e. The number of hydrogen-bond acceptors (Lipinski definition) is 2. The first-order chi connectivity index (χ1) is 31.3. The van der Waals surface area contributed by atoms with Crippen molar-refractivity contribution in [2.75, 3.05) is 0 Å². The van der Waals surface area contributed by atoms with Gasteiger partial charge in [-0.05, 0) is 82.9 Å². The first kappa shape index (κ1) is 34.2. The molecule has 0 saturated carbocycles. The summed E-state index contributed by atoms with van der Waals surface area (Å²) in [6.07, 6.45) is 0. The highest BCUT2D eigenvalue weighted by Crippen LogP contribution is 2.41. The Kier molecular flexibility index (Phi) is 7.05. The summed E-state index contributed by atoms with van der Waals surface area (Å²) in [7, 11) is 0. The first-order valence-electron chi connectivity index (χ1n) is 21.5. The molecule has 0 bridgehead atoms. The second kappa shape index (κ2) is 13.0. The minimum atomic E-state index is 0.635. The summed E-state index contributed by atoms with van der Waals surface area (Å²) in [5.41, 5.74) is 11.9. The van der Waals surface area contributed by atoms with Gasteiger partial charge in [-0.15, -0.1) is 0 Å². The van der Waals surface area contributed by atoms with E-state index in [4.69, 9.17) is 9.97 Å². The van der Waals surface area contributed by atoms with E-state index in [0.717, 1.165) is 71.5 Å². The van der Waals surface area contributed by atoms with Crippen molar-refractivity contribution in [1.82, 2.24) is 23.7 Å². The first-order valence-corrected chi connectivity index (χ1v) is 21.5. The average Bonchev–Trinajstić information content (AvgIpc) is 3.99. The quantitative estimate of drug-likeness (QED) is 0.166. The van der Waals surface area contributed by atoms with Crippen molar-refractivity contribution in [3.63, 3.8) is 0 Å². The molecule has 0 atom stereocenters. The molecule has 4 heterocycles. The summed E-state index contributed by atoms with van der Waals surface area (Å²) in [4.78, 5) is 11.2. The van der Waals surface area contributed by atoms with Crippen LogP contribution in [0.3, 0.4) is 0 Å². The fourth-order valence-corrected chi connectivity index (χ4v) is 10.5. The summed E-state index contributed by atoms with van der Waals surface area (Å²) in [6.45, 7) is 0. The molecule has 0 saturated heterocycles. The van der Waals surface area contributed by atoms with Crippen LogP contribution in [0.1, 0.15) is 0 Å². The van der Waals surface area contributed by atoms with E-state index in [-0.39, 0.29) is 0 Å². The molecule has 0 unspecified atom stereocenters. The molecule has 0 radical (unpaired) electrons. The molecular weight excluding hydrogens is 767 g/mol. The standard InChI is InChI=1S/C58H35N5/c1-3-17-40-36(14-1)16-13-23-46(40)57-47-31-28-37-15-2-4-18-41(37)56(47)59-58(60-57)63-54-32-29-38(61-50-24-9-5-19-42(50)43-20-6-10-25-51(43)61)34-48(54)49-35-39(30-33-55(49)63)62-52-26-11-7-21-44(52)45-22-8-12-27-53(45)62/h1-35H. The van der Waals surface area contributed by atoms with Gasteiger partial charge < -0.3 is 9.13 Å². The van der Waals surface area contributed by atoms with Gasteiger partial charge in [0.05, 0.1) is 44.3 Å². The van der Waals surface area contributed by atoms with E-state index < -0.39 is 0 Å². The SMILES string of the molecule is c1ccc2c(-c3nc(-n4c5ccc(-n6c7ccccc7c7ccccc76)cc5c5cc(-n6c7ccccc7c7ccccc76)ccc54)nc4c3ccc3ccccc34)cccc2c1. The smallest absolute Gasteiger partial charge is 0.235 e. The zero-order chi connectivity index (χ0) is 41.2. The zero-order valence-corrected chi connectivity index (χ0v) is 33.9. The van der Waals surface area contributed by atoms with Crippen molar-refractivity contribution >= 4 is 97.9 Å². The van der Waals surface area contributed by atoms with E-state index in [0.29, 0.717) is 5.95 Å². The van der Waals surface area contributed by atoms with Crippen molar-refractivity contribution in [1.29, 1.82) is 0 Å². The van der Waals surface area contributed by atoms with Gasteiger partial charge in [-0.3, -0.25) is 4.57 Å². The molecule has 0 amide bonds. The lowest BCUT2D eigenvalue weighted by atomic mass is 9.98. The minimum absolute atomic E-state index is 0.635. The number of benzene rings is 10. The number of aromatic nitrogens is 5. The summed E-state index contributed by atoms with van der Waals surface area (Å²) in [6, 6.07) is 76.7. The number of para-hydroxylation sites is 4. The highest BCUT2D eigenvalue weighted by molar-refractivity contribution is 6.15. The molecule has 5 nitrogen and oxygen atoms in total. The molecular formula is C58H35N5. The van der Waals surface area contributed by atoms with E-state index in [1.165, 1.54) is 49.0 Å². The minimum Gasteiger partial charge on any atom is -0.309 e. The van der Waals surface area contributed by atoms with Crippen LogP contribution in [0.5, 0.6) is 0 Å². The summed E-state index contributed by atoms with van der Waals surface area (Å²) < 4.78 is 7.09. The molecule has 4 aromatic heterocycles. The fraction of sp³-hybridized carbons (Fsp3) is 0. The third-order valence-electron chi connectivity index (χ3n) is 13.2. The molecule has 10 aromatic carbocycles. The second-order valence-corrected chi connectivity index (χ2v) is 16.6. The molecule has 14 aromatic rings. The van der Waals surface area contributed by atoms with E-state index in [9.17, 15) is 0 Å². The van der Waals surface area contributed by atoms with Crippen LogP contribution < -0.4 is 0 Å². The lowest BCUT2D eigenvalue weighted by Crippen LogP contribution is -2.04. The van der Waals surface area contributed by atoms with Gasteiger partial charge in [0.1, 0.15) is 0 Å². The molecule has 0 N–H and O–H groups in total. The van der Waals surface area contributed by atoms with Crippen LogP contribution in [0.25, 0.3) is 126 Å². The predicted molar refractivity (Wildman–Crippen MR) is 263 cm³/mol. The predicted octanol–water partition coefficient (Wildman–Crippen LogP) is 14.9. The van der Waals surface area contributed by atoms with Crippen LogP contribution in [0.4, 0.5) is 0 Å². The average molecular weight is 802 g/mol. The summed E-state index contributed by atoms with van der Waals surface area (Å²) in [5.74, 6) is 0.635. The van der Waals surface area contributed by atoms with Gasteiger partial charge in [0.25, 0.3) is 0 Å². The molecule has 0 aliphatic heterocycles. The monoisotopic (exact) mass is 801 g/mol. The Labute approximate surface area is 360 Å². The fourth-order valence-electron chi connectivity index (χ4n) is 10.5. The Morgan fingerprint density at radius 1 is 0.270 bits per heavy atom. The van der Waals surface area contributed by atoms with E-state index in [1.54, 1.807) is 0 Å². The van der Waals surface area contributed by atoms with Crippen LogP contribution in [-0.4, -0.2) is 23.7 Å². The maximum atomic E-state index is 5.62. The van der Waals surface area contributed by atoms with Crippen molar-refractivity contribution < 1.29 is 0 Å². The van der Waals surface area contributed by atoms with Gasteiger partial charge in [-0.1, -0.05) is 146 Å². The Bertz CT molecular complexity index is 3940. The molecule has 0 aliphatic rings. The Balaban J connectivity index is 1.11. The lowest BCUT2D eigenvalue weighted by Gasteiger charge is -2.15. The molecule has 0 spiro atoms. The van der Waals surface area contributed by atoms with Gasteiger partial charge in [-0.25, -0.2) is 9.97 Å². The van der Waals surface area contributed by atoms with Crippen LogP contribution >= 0.6 is 0 Å². The maximum absolute atomic E-state index is 5.62. The molecule has 292 valence electrons. The van der Waals surface area contributed by atoms with Crippen LogP contribution in [-0.2, 0) is 0 Å². The topological polar surface area (TPSA) is 40.6 Å². The van der Waals surface area contributed by atoms with Crippen LogP contribution in [0.15, 0.2) is 212 Å². The highest BCUT2D eigenvalue weighted by Gasteiger charge is 2.22. The van der Waals surface area contributed by atoms with Gasteiger partial charge in [0, 0.05) is 60.0 Å². The van der Waals surface area contributed by atoms with Crippen LogP contribution in [0.2, 0.25) is 0 Å². The Hall–Kier alpha value is -8.54. The molecule has 14 rings (SSSR count). The Morgan fingerprint density at radius 2 is 0.698 bits per heavy atom. The van der Waals surface area contributed by atoms with Crippen molar-refractivity contribution in [2.24, 2.45) is 0 Å². The highest BCUT2D eigenvalue weighted by atomic mass is 15.2. The second-order valence-electron chi connectivity index (χ2n) is 16.6. The van der Waals surface area contributed by atoms with Gasteiger partial charge in [0.15, 0.2) is 0 Å². The number of nitrogens with zero attached hydrogens (tertiary/aromatic N) is 5. The molecule has 0 fully saturated rings. The van der Waals surface area contributed by atoms with Crippen molar-refractivity contribution in [2.45, 2.75) is 0 Å². The van der Waals surface area contributed by atoms with E-state index >= 15 is 0 Å². The van der Waals surface area contributed by atoms with Gasteiger partial charge >= 0.3 is 0 Å². The molecule has 63 heavy (non-hydrogen) atoms. The van der Waals surface area contributed by atoms with E-state index in [2.05, 4.69) is 226 Å². The number of rotatable bonds is 4. The summed E-state index contributed by atoms with van der Waals surface area (Å²) >= 11 is 0. The third-order valence-corrected chi connectivity index (χ3v) is 13.2. The van der Waals surface area contributed by atoms with Crippen molar-refractivity contribution in [3.05, 3.63) is 212 Å². The largest absolute Gasteiger partial charge is 0.309 e. The summed E-state index contributed by atoms with van der Waals surface area (Å²) in [5, 5.41) is 12.8. The van der Waals surface area contributed by atoms with Gasteiger partial charge in [-0.2, -0.15) is 0 Å². The normalized spacial score (nSPS) is 12.1. The zero-order valence-electron chi connectivity index (χ0n) is 33.9. The molecule has 0 aliphatic carbocycles. The number of fused-ring (bicyclic) bond motifs is 13. The van der Waals surface area contributed by atoms with Crippen LogP contribution in [0, 0.1) is 0 Å². The lowest BCUT2D eigenvalue weighted by molar-refractivity contribution is 1.01. The number of hydrogen-bond donors (Lipinski definition) is 0.